The molecule has 0 unspecified atom stereocenters. The molecule has 0 aliphatic rings. The molecule has 2 amide bonds. The Morgan fingerprint density at radius 3 is 2.24 bits per heavy atom. The molecule has 0 saturated heterocycles. The number of rotatable bonds is 12. The highest BCUT2D eigenvalue weighted by atomic mass is 16.5. The maximum atomic E-state index is 12.4. The fourth-order valence-corrected chi connectivity index (χ4v) is 3.26. The molecule has 3 aromatic rings. The number of carbonyl (C=O) groups is 2. The molecule has 33 heavy (non-hydrogen) atoms. The standard InChI is InChI=1S/C27H31N3O3/c1-2-3-5-16-26(31)29-23-13-8-12-22(17-23)28-19-27(32)30-24-14-9-15-25(18-24)33-20-21-10-6-4-7-11-21/h4,6-15,17-18,28H,2-3,5,16,19-20H2,1H3,(H,29,31)(H,30,32). The van der Waals surface area contributed by atoms with Crippen LogP contribution in [0.1, 0.15) is 38.2 Å². The van der Waals surface area contributed by atoms with E-state index in [-0.39, 0.29) is 18.4 Å². The highest BCUT2D eigenvalue weighted by Crippen LogP contribution is 2.19. The minimum Gasteiger partial charge on any atom is -0.489 e. The van der Waals surface area contributed by atoms with E-state index in [1.807, 2.05) is 72.8 Å². The van der Waals surface area contributed by atoms with Crippen LogP contribution in [0.5, 0.6) is 5.75 Å². The number of unbranched alkanes of at least 4 members (excludes halogenated alkanes) is 2. The summed E-state index contributed by atoms with van der Waals surface area (Å²) < 4.78 is 5.82. The average molecular weight is 446 g/mol. The molecular weight excluding hydrogens is 414 g/mol. The first-order valence-electron chi connectivity index (χ1n) is 11.3. The second-order valence-corrected chi connectivity index (χ2v) is 7.79. The second-order valence-electron chi connectivity index (χ2n) is 7.79. The van der Waals surface area contributed by atoms with Gasteiger partial charge in [-0.15, -0.1) is 0 Å². The summed E-state index contributed by atoms with van der Waals surface area (Å²) in [6.07, 6.45) is 3.53. The monoisotopic (exact) mass is 445 g/mol. The zero-order valence-electron chi connectivity index (χ0n) is 19.0. The first-order valence-corrected chi connectivity index (χ1v) is 11.3. The molecular formula is C27H31N3O3. The Kier molecular flexibility index (Phi) is 9.33. The Morgan fingerprint density at radius 2 is 1.45 bits per heavy atom. The maximum Gasteiger partial charge on any atom is 0.243 e. The highest BCUT2D eigenvalue weighted by molar-refractivity contribution is 5.94. The van der Waals surface area contributed by atoms with Crippen LogP contribution in [0.4, 0.5) is 17.1 Å². The molecule has 6 nitrogen and oxygen atoms in total. The van der Waals surface area contributed by atoms with E-state index >= 15 is 0 Å². The first kappa shape index (κ1) is 23.9. The minimum atomic E-state index is -0.177. The molecule has 0 atom stereocenters. The number of anilines is 3. The summed E-state index contributed by atoms with van der Waals surface area (Å²) in [7, 11) is 0. The number of hydrogen-bond donors (Lipinski definition) is 3. The molecule has 0 aromatic heterocycles. The summed E-state index contributed by atoms with van der Waals surface area (Å²) in [5.74, 6) is 0.518. The zero-order valence-corrected chi connectivity index (χ0v) is 19.0. The van der Waals surface area contributed by atoms with Crippen LogP contribution in [0.3, 0.4) is 0 Å². The molecule has 0 spiro atoms. The highest BCUT2D eigenvalue weighted by Gasteiger charge is 2.06. The molecule has 6 heteroatoms. The molecule has 0 saturated carbocycles. The third-order valence-electron chi connectivity index (χ3n) is 4.97. The van der Waals surface area contributed by atoms with Gasteiger partial charge < -0.3 is 20.7 Å². The third-order valence-corrected chi connectivity index (χ3v) is 4.97. The lowest BCUT2D eigenvalue weighted by Crippen LogP contribution is -2.21. The van der Waals surface area contributed by atoms with Crippen molar-refractivity contribution >= 4 is 28.9 Å². The van der Waals surface area contributed by atoms with Crippen molar-refractivity contribution in [2.45, 2.75) is 39.2 Å². The summed E-state index contributed by atoms with van der Waals surface area (Å²) in [5.41, 5.74) is 3.22. The van der Waals surface area contributed by atoms with Crippen LogP contribution >= 0.6 is 0 Å². The summed E-state index contributed by atoms with van der Waals surface area (Å²) >= 11 is 0. The van der Waals surface area contributed by atoms with Gasteiger partial charge in [0, 0.05) is 29.5 Å². The summed E-state index contributed by atoms with van der Waals surface area (Å²) in [6, 6.07) is 24.6. The number of hydrogen-bond acceptors (Lipinski definition) is 4. The van der Waals surface area contributed by atoms with E-state index in [0.717, 1.165) is 30.5 Å². The summed E-state index contributed by atoms with van der Waals surface area (Å²) in [6.45, 7) is 2.67. The average Bonchev–Trinajstić information content (AvgIpc) is 2.83. The van der Waals surface area contributed by atoms with E-state index in [0.29, 0.717) is 30.2 Å². The van der Waals surface area contributed by atoms with Crippen LogP contribution < -0.4 is 20.7 Å². The molecule has 0 aliphatic carbocycles. The normalized spacial score (nSPS) is 10.3. The first-order chi connectivity index (χ1) is 16.1. The minimum absolute atomic E-state index is 0.00714. The predicted molar refractivity (Wildman–Crippen MR) is 134 cm³/mol. The quantitative estimate of drug-likeness (QED) is 0.306. The number of carbonyl (C=O) groups excluding carboxylic acids is 2. The number of nitrogens with one attached hydrogen (secondary N) is 3. The Bertz CT molecular complexity index is 1040. The zero-order chi connectivity index (χ0) is 23.3. The van der Waals surface area contributed by atoms with Gasteiger partial charge in [0.1, 0.15) is 12.4 Å². The van der Waals surface area contributed by atoms with Gasteiger partial charge in [0.25, 0.3) is 0 Å². The van der Waals surface area contributed by atoms with Gasteiger partial charge in [-0.1, -0.05) is 62.2 Å². The molecule has 0 bridgehead atoms. The van der Waals surface area contributed by atoms with Crippen molar-refractivity contribution in [3.8, 4) is 5.75 Å². The van der Waals surface area contributed by atoms with Gasteiger partial charge in [-0.3, -0.25) is 9.59 Å². The van der Waals surface area contributed by atoms with Crippen molar-refractivity contribution in [2.75, 3.05) is 22.5 Å². The Balaban J connectivity index is 1.46. The number of benzene rings is 3. The lowest BCUT2D eigenvalue weighted by atomic mass is 10.2. The van der Waals surface area contributed by atoms with Crippen molar-refractivity contribution in [1.29, 1.82) is 0 Å². The van der Waals surface area contributed by atoms with E-state index in [2.05, 4.69) is 22.9 Å². The van der Waals surface area contributed by atoms with Crippen LogP contribution in [0, 0.1) is 0 Å². The molecule has 172 valence electrons. The van der Waals surface area contributed by atoms with E-state index in [1.54, 1.807) is 6.07 Å². The predicted octanol–water partition coefficient (Wildman–Crippen LogP) is 5.84. The fourth-order valence-electron chi connectivity index (χ4n) is 3.26. The lowest BCUT2D eigenvalue weighted by Gasteiger charge is -2.11. The van der Waals surface area contributed by atoms with Crippen molar-refractivity contribution in [3.05, 3.63) is 84.4 Å². The molecule has 0 heterocycles. The Morgan fingerprint density at radius 1 is 0.758 bits per heavy atom. The van der Waals surface area contributed by atoms with Crippen molar-refractivity contribution in [1.82, 2.24) is 0 Å². The van der Waals surface area contributed by atoms with Crippen LogP contribution in [0.15, 0.2) is 78.9 Å². The smallest absolute Gasteiger partial charge is 0.243 e. The molecule has 3 aromatic carbocycles. The van der Waals surface area contributed by atoms with Crippen LogP contribution in [-0.2, 0) is 16.2 Å². The van der Waals surface area contributed by atoms with Crippen molar-refractivity contribution in [2.24, 2.45) is 0 Å². The SMILES string of the molecule is CCCCCC(=O)Nc1cccc(NCC(=O)Nc2cccc(OCc3ccccc3)c2)c1. The molecule has 3 N–H and O–H groups in total. The van der Waals surface area contributed by atoms with E-state index in [9.17, 15) is 9.59 Å². The van der Waals surface area contributed by atoms with E-state index in [1.165, 1.54) is 0 Å². The van der Waals surface area contributed by atoms with Gasteiger partial charge in [0.2, 0.25) is 11.8 Å². The Labute approximate surface area is 195 Å². The van der Waals surface area contributed by atoms with Crippen LogP contribution in [0.25, 0.3) is 0 Å². The van der Waals surface area contributed by atoms with Gasteiger partial charge in [-0.25, -0.2) is 0 Å². The summed E-state index contributed by atoms with van der Waals surface area (Å²) in [5, 5.41) is 8.88. The number of ether oxygens (including phenoxy) is 1. The molecule has 0 radical (unpaired) electrons. The van der Waals surface area contributed by atoms with Gasteiger partial charge in [0.05, 0.1) is 6.54 Å². The maximum absolute atomic E-state index is 12.4. The molecule has 0 aliphatic heterocycles. The van der Waals surface area contributed by atoms with Crippen LogP contribution in [0.2, 0.25) is 0 Å². The van der Waals surface area contributed by atoms with E-state index in [4.69, 9.17) is 4.74 Å². The largest absolute Gasteiger partial charge is 0.489 e. The summed E-state index contributed by atoms with van der Waals surface area (Å²) in [4.78, 5) is 24.4. The topological polar surface area (TPSA) is 79.5 Å². The Hall–Kier alpha value is -3.80. The third kappa shape index (κ3) is 8.69. The van der Waals surface area contributed by atoms with Gasteiger partial charge in [0.15, 0.2) is 0 Å². The van der Waals surface area contributed by atoms with E-state index < -0.39 is 0 Å². The van der Waals surface area contributed by atoms with Crippen LogP contribution in [-0.4, -0.2) is 18.4 Å². The van der Waals surface area contributed by atoms with Crippen molar-refractivity contribution < 1.29 is 14.3 Å². The number of amides is 2. The fraction of sp³-hybridized carbons (Fsp3) is 0.259. The van der Waals surface area contributed by atoms with Gasteiger partial charge in [-0.2, -0.15) is 0 Å². The van der Waals surface area contributed by atoms with Crippen molar-refractivity contribution in [3.63, 3.8) is 0 Å². The van der Waals surface area contributed by atoms with Gasteiger partial charge in [-0.05, 0) is 42.3 Å². The molecule has 0 fully saturated rings. The van der Waals surface area contributed by atoms with Gasteiger partial charge >= 0.3 is 0 Å². The molecule has 3 rings (SSSR count). The lowest BCUT2D eigenvalue weighted by molar-refractivity contribution is -0.116. The second kappa shape index (κ2) is 12.9.